The molecule has 3 aromatic carbocycles. The summed E-state index contributed by atoms with van der Waals surface area (Å²) in [4.78, 5) is 25.8. The van der Waals surface area contributed by atoms with Crippen molar-refractivity contribution in [2.75, 3.05) is 5.75 Å². The number of hydrogen-bond donors (Lipinski definition) is 0. The van der Waals surface area contributed by atoms with Crippen LogP contribution in [0.3, 0.4) is 0 Å². The van der Waals surface area contributed by atoms with Crippen LogP contribution in [-0.2, 0) is 6.54 Å². The molecule has 174 valence electrons. The van der Waals surface area contributed by atoms with E-state index in [9.17, 15) is 9.59 Å². The van der Waals surface area contributed by atoms with Crippen LogP contribution in [0.25, 0.3) is 22.4 Å². The topological polar surface area (TPSA) is 90.9 Å². The van der Waals surface area contributed by atoms with Gasteiger partial charge >= 0.3 is 0 Å². The van der Waals surface area contributed by atoms with Gasteiger partial charge in [-0.05, 0) is 31.0 Å². The minimum Gasteiger partial charge on any atom is -0.409 e. The van der Waals surface area contributed by atoms with Gasteiger partial charge in [-0.1, -0.05) is 84.1 Å². The summed E-state index contributed by atoms with van der Waals surface area (Å²) < 4.78 is 7.28. The Hall–Kier alpha value is -4.04. The normalized spacial score (nSPS) is 11.1. The average molecular weight is 483 g/mol. The Kier molecular flexibility index (Phi) is 6.29. The number of aryl methyl sites for hydroxylation is 2. The van der Waals surface area contributed by atoms with Gasteiger partial charge in [0.25, 0.3) is 16.7 Å². The number of nitrogens with zero attached hydrogens (tertiary/aromatic N) is 4. The molecule has 5 aromatic rings. The van der Waals surface area contributed by atoms with Crippen molar-refractivity contribution in [3.63, 3.8) is 0 Å². The van der Waals surface area contributed by atoms with Gasteiger partial charge in [0.1, 0.15) is 0 Å². The van der Waals surface area contributed by atoms with Crippen molar-refractivity contribution in [2.45, 2.75) is 25.6 Å². The smallest absolute Gasteiger partial charge is 0.277 e. The Balaban J connectivity index is 1.44. The first-order valence-corrected chi connectivity index (χ1v) is 12.1. The van der Waals surface area contributed by atoms with Crippen LogP contribution in [0.15, 0.2) is 87.2 Å². The van der Waals surface area contributed by atoms with Crippen LogP contribution in [-0.4, -0.2) is 31.5 Å². The van der Waals surface area contributed by atoms with E-state index < -0.39 is 0 Å². The van der Waals surface area contributed by atoms with Gasteiger partial charge in [-0.25, -0.2) is 4.68 Å². The summed E-state index contributed by atoms with van der Waals surface area (Å²) in [6.45, 7) is 4.24. The van der Waals surface area contributed by atoms with Gasteiger partial charge in [-0.2, -0.15) is 5.10 Å². The van der Waals surface area contributed by atoms with E-state index in [1.165, 1.54) is 16.4 Å². The molecule has 2 heterocycles. The van der Waals surface area contributed by atoms with Crippen molar-refractivity contribution in [1.29, 1.82) is 0 Å². The van der Waals surface area contributed by atoms with Crippen molar-refractivity contribution in [2.24, 2.45) is 0 Å². The molecule has 0 fully saturated rings. The molecule has 0 spiro atoms. The second-order valence-electron chi connectivity index (χ2n) is 8.25. The molecule has 0 N–H and O–H groups in total. The van der Waals surface area contributed by atoms with Crippen LogP contribution in [0, 0.1) is 13.8 Å². The van der Waals surface area contributed by atoms with E-state index in [1.807, 2.05) is 80.6 Å². The fraction of sp³-hybridized carbons (Fsp3) is 0.148. The number of benzene rings is 3. The van der Waals surface area contributed by atoms with Crippen LogP contribution >= 0.6 is 11.8 Å². The number of carbonyl (C=O) groups excluding carboxylic acids is 1. The first-order valence-electron chi connectivity index (χ1n) is 11.1. The van der Waals surface area contributed by atoms with E-state index in [4.69, 9.17) is 4.42 Å². The van der Waals surface area contributed by atoms with Gasteiger partial charge in [-0.3, -0.25) is 9.59 Å². The number of aromatic nitrogens is 4. The molecule has 8 heteroatoms. The highest BCUT2D eigenvalue weighted by molar-refractivity contribution is 7.99. The maximum absolute atomic E-state index is 13.1. The summed E-state index contributed by atoms with van der Waals surface area (Å²) in [5.74, 6) is 0.365. The van der Waals surface area contributed by atoms with E-state index in [1.54, 1.807) is 6.07 Å². The molecule has 5 rings (SSSR count). The minimum absolute atomic E-state index is 0.00719. The van der Waals surface area contributed by atoms with E-state index >= 15 is 0 Å². The summed E-state index contributed by atoms with van der Waals surface area (Å²) in [6, 6.07) is 22.6. The summed E-state index contributed by atoms with van der Waals surface area (Å²) in [6.07, 6.45) is 0. The third kappa shape index (κ3) is 4.79. The predicted octanol–water partition coefficient (Wildman–Crippen LogP) is 5.09. The molecule has 0 aliphatic carbocycles. The zero-order chi connectivity index (χ0) is 24.4. The second-order valence-corrected chi connectivity index (χ2v) is 9.17. The van der Waals surface area contributed by atoms with E-state index in [-0.39, 0.29) is 28.2 Å². The number of ketones is 1. The number of Topliss-reactive ketones (excluding diaryl/α,β-unsaturated/α-hetero) is 1. The van der Waals surface area contributed by atoms with Gasteiger partial charge < -0.3 is 4.42 Å². The van der Waals surface area contributed by atoms with E-state index in [0.29, 0.717) is 28.6 Å². The molecule has 7 nitrogen and oxygen atoms in total. The number of thioether (sulfide) groups is 1. The Labute approximate surface area is 205 Å². The summed E-state index contributed by atoms with van der Waals surface area (Å²) in [7, 11) is 0. The maximum atomic E-state index is 13.1. The standard InChI is InChI=1S/C27H22N4O3S/c1-17-12-13-20(18(2)14-17)23(32)16-35-27-29-28-25(34-27)24-21-10-6-7-11-22(21)26(33)31(30-24)15-19-8-4-3-5-9-19/h3-14H,15-16H2,1-2H3. The molecule has 2 aromatic heterocycles. The summed E-state index contributed by atoms with van der Waals surface area (Å²) in [5, 5.41) is 14.3. The van der Waals surface area contributed by atoms with E-state index in [2.05, 4.69) is 15.3 Å². The third-order valence-electron chi connectivity index (χ3n) is 5.66. The van der Waals surface area contributed by atoms with Crippen molar-refractivity contribution < 1.29 is 9.21 Å². The van der Waals surface area contributed by atoms with Crippen LogP contribution in [0.5, 0.6) is 0 Å². The van der Waals surface area contributed by atoms with Crippen LogP contribution in [0.4, 0.5) is 0 Å². The van der Waals surface area contributed by atoms with Gasteiger partial charge in [0.15, 0.2) is 11.5 Å². The molecule has 0 amide bonds. The molecule has 0 radical (unpaired) electrons. The van der Waals surface area contributed by atoms with Crippen LogP contribution in [0.1, 0.15) is 27.0 Å². The summed E-state index contributed by atoms with van der Waals surface area (Å²) in [5.41, 5.74) is 3.93. The zero-order valence-corrected chi connectivity index (χ0v) is 20.1. The van der Waals surface area contributed by atoms with Gasteiger partial charge in [0, 0.05) is 10.9 Å². The molecular formula is C27H22N4O3S. The van der Waals surface area contributed by atoms with Gasteiger partial charge in [0.05, 0.1) is 17.7 Å². The number of fused-ring (bicyclic) bond motifs is 1. The largest absolute Gasteiger partial charge is 0.409 e. The predicted molar refractivity (Wildman–Crippen MR) is 136 cm³/mol. The Morgan fingerprint density at radius 2 is 1.69 bits per heavy atom. The molecular weight excluding hydrogens is 460 g/mol. The Morgan fingerprint density at radius 1 is 0.943 bits per heavy atom. The lowest BCUT2D eigenvalue weighted by molar-refractivity contribution is 0.102. The molecule has 35 heavy (non-hydrogen) atoms. The molecule has 0 atom stereocenters. The molecule has 0 saturated carbocycles. The van der Waals surface area contributed by atoms with Crippen LogP contribution in [0.2, 0.25) is 0 Å². The number of hydrogen-bond acceptors (Lipinski definition) is 7. The summed E-state index contributed by atoms with van der Waals surface area (Å²) >= 11 is 1.18. The first-order chi connectivity index (χ1) is 17.0. The van der Waals surface area contributed by atoms with Crippen molar-refractivity contribution in [3.8, 4) is 11.6 Å². The monoisotopic (exact) mass is 482 g/mol. The lowest BCUT2D eigenvalue weighted by Gasteiger charge is -2.09. The fourth-order valence-corrected chi connectivity index (χ4v) is 4.60. The molecule has 0 bridgehead atoms. The molecule has 0 aliphatic heterocycles. The van der Waals surface area contributed by atoms with Crippen LogP contribution < -0.4 is 5.56 Å². The molecule has 0 aliphatic rings. The number of rotatable bonds is 7. The maximum Gasteiger partial charge on any atom is 0.277 e. The van der Waals surface area contributed by atoms with E-state index in [0.717, 1.165) is 16.7 Å². The highest BCUT2D eigenvalue weighted by atomic mass is 32.2. The zero-order valence-electron chi connectivity index (χ0n) is 19.3. The highest BCUT2D eigenvalue weighted by Crippen LogP contribution is 2.27. The van der Waals surface area contributed by atoms with Crippen molar-refractivity contribution >= 4 is 28.3 Å². The quantitative estimate of drug-likeness (QED) is 0.236. The molecule has 0 unspecified atom stereocenters. The second kappa shape index (κ2) is 9.68. The Morgan fingerprint density at radius 3 is 2.46 bits per heavy atom. The van der Waals surface area contributed by atoms with Gasteiger partial charge in [0.2, 0.25) is 0 Å². The minimum atomic E-state index is -0.193. The average Bonchev–Trinajstić information content (AvgIpc) is 3.34. The van der Waals surface area contributed by atoms with Crippen molar-refractivity contribution in [3.05, 3.63) is 105 Å². The van der Waals surface area contributed by atoms with Crippen molar-refractivity contribution in [1.82, 2.24) is 20.0 Å². The number of carbonyl (C=O) groups is 1. The lowest BCUT2D eigenvalue weighted by Crippen LogP contribution is -2.24. The first kappa shape index (κ1) is 22.7. The SMILES string of the molecule is Cc1ccc(C(=O)CSc2nnc(-c3nn(Cc4ccccc4)c(=O)c4ccccc34)o2)c(C)c1. The lowest BCUT2D eigenvalue weighted by atomic mass is 10.0. The van der Waals surface area contributed by atoms with Gasteiger partial charge in [-0.15, -0.1) is 10.2 Å². The fourth-order valence-electron chi connectivity index (χ4n) is 3.95. The molecule has 0 saturated heterocycles. The Bertz CT molecular complexity index is 1590. The highest BCUT2D eigenvalue weighted by Gasteiger charge is 2.19. The third-order valence-corrected chi connectivity index (χ3v) is 6.48.